The molecule has 1 amide bonds. The van der Waals surface area contributed by atoms with Gasteiger partial charge in [0.25, 0.3) is 0 Å². The first-order valence-corrected chi connectivity index (χ1v) is 9.61. The SMILES string of the molecule is COC(=O)/C(=C/CCc1ccc(OC)c(OC2CCCC2)c1)CCC(=O)NO. The van der Waals surface area contributed by atoms with E-state index in [0.717, 1.165) is 29.9 Å². The maximum atomic E-state index is 11.9. The van der Waals surface area contributed by atoms with Crippen molar-refractivity contribution < 1.29 is 29.0 Å². The number of carbonyl (C=O) groups excluding carboxylic acids is 2. The van der Waals surface area contributed by atoms with Gasteiger partial charge in [-0.15, -0.1) is 0 Å². The zero-order chi connectivity index (χ0) is 20.4. The number of hydrogen-bond acceptors (Lipinski definition) is 6. The molecule has 1 aliphatic rings. The highest BCUT2D eigenvalue weighted by Crippen LogP contribution is 2.32. The van der Waals surface area contributed by atoms with Gasteiger partial charge in [0.15, 0.2) is 11.5 Å². The van der Waals surface area contributed by atoms with Crippen LogP contribution in [-0.2, 0) is 20.7 Å². The molecule has 1 aliphatic carbocycles. The summed E-state index contributed by atoms with van der Waals surface area (Å²) in [5.74, 6) is 0.463. The molecule has 1 fully saturated rings. The lowest BCUT2D eigenvalue weighted by molar-refractivity contribution is -0.136. The van der Waals surface area contributed by atoms with Crippen molar-refractivity contribution in [2.75, 3.05) is 14.2 Å². The van der Waals surface area contributed by atoms with Crippen molar-refractivity contribution in [1.82, 2.24) is 5.48 Å². The van der Waals surface area contributed by atoms with Gasteiger partial charge in [0.1, 0.15) is 0 Å². The Hall–Kier alpha value is -2.54. The molecule has 7 nitrogen and oxygen atoms in total. The first-order valence-electron chi connectivity index (χ1n) is 9.61. The Morgan fingerprint density at radius 2 is 1.93 bits per heavy atom. The molecular formula is C21H29NO6. The van der Waals surface area contributed by atoms with Crippen LogP contribution < -0.4 is 15.0 Å². The van der Waals surface area contributed by atoms with Gasteiger partial charge < -0.3 is 14.2 Å². The van der Waals surface area contributed by atoms with Gasteiger partial charge in [-0.25, -0.2) is 10.3 Å². The Morgan fingerprint density at radius 3 is 2.57 bits per heavy atom. The fourth-order valence-corrected chi connectivity index (χ4v) is 3.29. The van der Waals surface area contributed by atoms with Crippen molar-refractivity contribution in [3.05, 3.63) is 35.4 Å². The summed E-state index contributed by atoms with van der Waals surface area (Å²) in [6.45, 7) is 0. The zero-order valence-corrected chi connectivity index (χ0v) is 16.5. The number of nitrogens with one attached hydrogen (secondary N) is 1. The molecule has 0 spiro atoms. The van der Waals surface area contributed by atoms with Gasteiger partial charge in [-0.05, 0) is 62.6 Å². The molecule has 2 N–H and O–H groups in total. The number of methoxy groups -OCH3 is 2. The molecule has 1 aromatic carbocycles. The average Bonchev–Trinajstić information content (AvgIpc) is 3.22. The van der Waals surface area contributed by atoms with Gasteiger partial charge in [0, 0.05) is 12.0 Å². The van der Waals surface area contributed by atoms with Crippen LogP contribution in [0.1, 0.15) is 50.5 Å². The standard InChI is InChI=1S/C21H29NO6/c1-26-18-12-10-15(14-19(18)28-17-8-3-4-9-17)6-5-7-16(21(24)27-2)11-13-20(23)22-25/h7,10,12,14,17,25H,3-6,8-9,11,13H2,1-2H3,(H,22,23)/b16-7+. The second-order valence-electron chi connectivity index (χ2n) is 6.80. The summed E-state index contributed by atoms with van der Waals surface area (Å²) in [6, 6.07) is 5.86. The molecule has 28 heavy (non-hydrogen) atoms. The minimum absolute atomic E-state index is 0.0132. The smallest absolute Gasteiger partial charge is 0.333 e. The van der Waals surface area contributed by atoms with Crippen LogP contribution in [0.15, 0.2) is 29.8 Å². The van der Waals surface area contributed by atoms with Gasteiger partial charge in [-0.1, -0.05) is 12.1 Å². The molecule has 7 heteroatoms. The number of rotatable bonds is 10. The number of esters is 1. The number of allylic oxidation sites excluding steroid dienone is 1. The quantitative estimate of drug-likeness (QED) is 0.275. The van der Waals surface area contributed by atoms with Crippen LogP contribution in [-0.4, -0.2) is 37.4 Å². The molecule has 0 aliphatic heterocycles. The van der Waals surface area contributed by atoms with E-state index in [2.05, 4.69) is 0 Å². The van der Waals surface area contributed by atoms with Crippen molar-refractivity contribution in [1.29, 1.82) is 0 Å². The number of benzene rings is 1. The summed E-state index contributed by atoms with van der Waals surface area (Å²) in [6.07, 6.45) is 8.09. The lowest BCUT2D eigenvalue weighted by Crippen LogP contribution is -2.19. The lowest BCUT2D eigenvalue weighted by Gasteiger charge is -2.16. The number of hydrogen-bond donors (Lipinski definition) is 2. The van der Waals surface area contributed by atoms with Crippen molar-refractivity contribution in [2.24, 2.45) is 0 Å². The number of ether oxygens (including phenoxy) is 3. The third kappa shape index (κ3) is 6.56. The molecule has 1 aromatic rings. The Kier molecular flexibility index (Phi) is 8.81. The van der Waals surface area contributed by atoms with Crippen LogP contribution in [0.25, 0.3) is 0 Å². The number of amides is 1. The minimum atomic E-state index is -0.543. The highest BCUT2D eigenvalue weighted by molar-refractivity contribution is 5.89. The molecule has 1 saturated carbocycles. The average molecular weight is 391 g/mol. The molecule has 0 aromatic heterocycles. The lowest BCUT2D eigenvalue weighted by atomic mass is 10.0. The predicted octanol–water partition coefficient (Wildman–Crippen LogP) is 3.33. The summed E-state index contributed by atoms with van der Waals surface area (Å²) in [7, 11) is 2.93. The number of carbonyl (C=O) groups is 2. The molecule has 0 heterocycles. The normalized spacial score (nSPS) is 14.6. The Balaban J connectivity index is 2.01. The first kappa shape index (κ1) is 21.8. The topological polar surface area (TPSA) is 94.1 Å². The Labute approximate surface area is 165 Å². The van der Waals surface area contributed by atoms with Gasteiger partial charge in [0.2, 0.25) is 5.91 Å². The van der Waals surface area contributed by atoms with Crippen LogP contribution in [0, 0.1) is 0 Å². The van der Waals surface area contributed by atoms with E-state index < -0.39 is 11.9 Å². The molecule has 2 rings (SSSR count). The summed E-state index contributed by atoms with van der Waals surface area (Å²) < 4.78 is 16.3. The predicted molar refractivity (Wildman–Crippen MR) is 103 cm³/mol. The third-order valence-corrected chi connectivity index (χ3v) is 4.84. The third-order valence-electron chi connectivity index (χ3n) is 4.84. The molecular weight excluding hydrogens is 362 g/mol. The Bertz CT molecular complexity index is 694. The molecule has 0 saturated heterocycles. The fourth-order valence-electron chi connectivity index (χ4n) is 3.29. The minimum Gasteiger partial charge on any atom is -0.493 e. The van der Waals surface area contributed by atoms with E-state index in [1.807, 2.05) is 18.2 Å². The summed E-state index contributed by atoms with van der Waals surface area (Å²) in [5.41, 5.74) is 3.05. The van der Waals surface area contributed by atoms with Gasteiger partial charge in [0.05, 0.1) is 20.3 Å². The molecule has 0 atom stereocenters. The van der Waals surface area contributed by atoms with Crippen LogP contribution in [0.3, 0.4) is 0 Å². The fraction of sp³-hybridized carbons (Fsp3) is 0.524. The van der Waals surface area contributed by atoms with Crippen molar-refractivity contribution in [2.45, 2.75) is 57.5 Å². The van der Waals surface area contributed by atoms with Crippen molar-refractivity contribution in [3.63, 3.8) is 0 Å². The van der Waals surface area contributed by atoms with Gasteiger partial charge >= 0.3 is 5.97 Å². The number of hydroxylamine groups is 1. The largest absolute Gasteiger partial charge is 0.493 e. The van der Waals surface area contributed by atoms with Crippen LogP contribution in [0.5, 0.6) is 11.5 Å². The molecule has 0 radical (unpaired) electrons. The van der Waals surface area contributed by atoms with E-state index in [1.54, 1.807) is 18.7 Å². The van der Waals surface area contributed by atoms with Crippen LogP contribution in [0.2, 0.25) is 0 Å². The van der Waals surface area contributed by atoms with E-state index in [1.165, 1.54) is 20.0 Å². The van der Waals surface area contributed by atoms with E-state index in [9.17, 15) is 9.59 Å². The first-order chi connectivity index (χ1) is 13.6. The molecule has 154 valence electrons. The molecule has 0 unspecified atom stereocenters. The maximum absolute atomic E-state index is 11.9. The van der Waals surface area contributed by atoms with Crippen molar-refractivity contribution >= 4 is 11.9 Å². The van der Waals surface area contributed by atoms with Crippen molar-refractivity contribution in [3.8, 4) is 11.5 Å². The van der Waals surface area contributed by atoms with E-state index in [0.29, 0.717) is 18.4 Å². The van der Waals surface area contributed by atoms with Crippen LogP contribution in [0.4, 0.5) is 0 Å². The highest BCUT2D eigenvalue weighted by Gasteiger charge is 2.18. The zero-order valence-electron chi connectivity index (χ0n) is 16.5. The summed E-state index contributed by atoms with van der Waals surface area (Å²) >= 11 is 0. The second-order valence-corrected chi connectivity index (χ2v) is 6.80. The highest BCUT2D eigenvalue weighted by atomic mass is 16.5. The number of aryl methyl sites for hydroxylation is 1. The van der Waals surface area contributed by atoms with Gasteiger partial charge in [-0.3, -0.25) is 10.0 Å². The monoisotopic (exact) mass is 391 g/mol. The summed E-state index contributed by atoms with van der Waals surface area (Å²) in [5, 5.41) is 8.58. The second kappa shape index (κ2) is 11.3. The molecule has 0 bridgehead atoms. The van der Waals surface area contributed by atoms with E-state index in [-0.39, 0.29) is 18.9 Å². The van der Waals surface area contributed by atoms with Gasteiger partial charge in [-0.2, -0.15) is 0 Å². The van der Waals surface area contributed by atoms with E-state index >= 15 is 0 Å². The Morgan fingerprint density at radius 1 is 1.18 bits per heavy atom. The van der Waals surface area contributed by atoms with Crippen LogP contribution >= 0.6 is 0 Å². The maximum Gasteiger partial charge on any atom is 0.333 e. The van der Waals surface area contributed by atoms with E-state index in [4.69, 9.17) is 19.4 Å². The summed E-state index contributed by atoms with van der Waals surface area (Å²) in [4.78, 5) is 23.1.